The Morgan fingerprint density at radius 2 is 1.89 bits per heavy atom. The lowest BCUT2D eigenvalue weighted by atomic mass is 10.1. The van der Waals surface area contributed by atoms with Crippen molar-refractivity contribution in [1.82, 2.24) is 4.90 Å². The van der Waals surface area contributed by atoms with Gasteiger partial charge in [0.05, 0.1) is 19.8 Å². The van der Waals surface area contributed by atoms with E-state index in [1.807, 2.05) is 4.90 Å². The third kappa shape index (κ3) is 2.58. The molecule has 0 spiro atoms. The Morgan fingerprint density at radius 1 is 1.17 bits per heavy atom. The van der Waals surface area contributed by atoms with Crippen molar-refractivity contribution in [2.75, 3.05) is 27.3 Å². The van der Waals surface area contributed by atoms with Crippen molar-refractivity contribution in [3.63, 3.8) is 0 Å². The summed E-state index contributed by atoms with van der Waals surface area (Å²) in [7, 11) is 3.16. The molecule has 1 aromatic carbocycles. The molecule has 1 aliphatic rings. The van der Waals surface area contributed by atoms with Gasteiger partial charge in [-0.15, -0.1) is 0 Å². The molecule has 0 bridgehead atoms. The third-order valence-corrected chi connectivity index (χ3v) is 3.13. The van der Waals surface area contributed by atoms with Crippen LogP contribution in [-0.2, 0) is 0 Å². The highest BCUT2D eigenvalue weighted by molar-refractivity contribution is 5.97. The van der Waals surface area contributed by atoms with Crippen molar-refractivity contribution in [1.29, 1.82) is 0 Å². The molecule has 0 unspecified atom stereocenters. The minimum absolute atomic E-state index is 0.0302. The standard InChI is InChI=1S/C14H18NO3/c1-17-11-6-7-12(13(10-11)18-2)14(16)15-8-4-3-5-9-15/h3,6-7,10H,4-5,8-9H2,1-2H3. The second-order valence-electron chi connectivity index (χ2n) is 4.22. The van der Waals surface area contributed by atoms with Gasteiger partial charge in [-0.25, -0.2) is 0 Å². The van der Waals surface area contributed by atoms with E-state index in [2.05, 4.69) is 6.42 Å². The number of rotatable bonds is 3. The van der Waals surface area contributed by atoms with Crippen LogP contribution in [0.3, 0.4) is 0 Å². The quantitative estimate of drug-likeness (QED) is 0.822. The monoisotopic (exact) mass is 248 g/mol. The van der Waals surface area contributed by atoms with Crippen molar-refractivity contribution in [3.05, 3.63) is 30.2 Å². The topological polar surface area (TPSA) is 38.8 Å². The molecule has 18 heavy (non-hydrogen) atoms. The highest BCUT2D eigenvalue weighted by atomic mass is 16.5. The van der Waals surface area contributed by atoms with Gasteiger partial charge < -0.3 is 14.4 Å². The fourth-order valence-electron chi connectivity index (χ4n) is 2.10. The maximum atomic E-state index is 12.4. The maximum Gasteiger partial charge on any atom is 0.257 e. The fraction of sp³-hybridized carbons (Fsp3) is 0.429. The van der Waals surface area contributed by atoms with Crippen molar-refractivity contribution < 1.29 is 14.3 Å². The van der Waals surface area contributed by atoms with E-state index in [0.717, 1.165) is 25.9 Å². The Hall–Kier alpha value is -1.71. The number of amides is 1. The minimum atomic E-state index is 0.0302. The summed E-state index contributed by atoms with van der Waals surface area (Å²) >= 11 is 0. The van der Waals surface area contributed by atoms with E-state index in [1.54, 1.807) is 32.4 Å². The van der Waals surface area contributed by atoms with Crippen LogP contribution in [0.25, 0.3) is 0 Å². The van der Waals surface area contributed by atoms with Gasteiger partial charge >= 0.3 is 0 Å². The summed E-state index contributed by atoms with van der Waals surface area (Å²) < 4.78 is 10.4. The predicted octanol–water partition coefficient (Wildman–Crippen LogP) is 2.14. The second-order valence-corrected chi connectivity index (χ2v) is 4.22. The molecule has 0 saturated carbocycles. The van der Waals surface area contributed by atoms with Gasteiger partial charge in [-0.2, -0.15) is 0 Å². The van der Waals surface area contributed by atoms with Crippen LogP contribution >= 0.6 is 0 Å². The summed E-state index contributed by atoms with van der Waals surface area (Å²) in [6.07, 6.45) is 4.14. The lowest BCUT2D eigenvalue weighted by Crippen LogP contribution is -2.35. The summed E-state index contributed by atoms with van der Waals surface area (Å²) in [5, 5.41) is 0. The summed E-state index contributed by atoms with van der Waals surface area (Å²) in [6, 6.07) is 5.29. The number of carbonyl (C=O) groups excluding carboxylic acids is 1. The Bertz CT molecular complexity index is 425. The molecule has 1 amide bonds. The molecular formula is C14H18NO3. The normalized spacial score (nSPS) is 15.3. The predicted molar refractivity (Wildman–Crippen MR) is 69.0 cm³/mol. The SMILES string of the molecule is COc1ccc(C(=O)N2CC[CH]CC2)c(OC)c1. The summed E-state index contributed by atoms with van der Waals surface area (Å²) in [4.78, 5) is 14.2. The zero-order valence-corrected chi connectivity index (χ0v) is 10.8. The molecule has 1 saturated heterocycles. The van der Waals surface area contributed by atoms with Crippen LogP contribution < -0.4 is 9.47 Å². The summed E-state index contributed by atoms with van der Waals surface area (Å²) in [5.41, 5.74) is 0.597. The zero-order chi connectivity index (χ0) is 13.0. The molecule has 0 aromatic heterocycles. The summed E-state index contributed by atoms with van der Waals surface area (Å²) in [5.74, 6) is 1.28. The first kappa shape index (κ1) is 12.7. The van der Waals surface area contributed by atoms with Crippen molar-refractivity contribution in [3.8, 4) is 11.5 Å². The lowest BCUT2D eigenvalue weighted by molar-refractivity contribution is 0.0738. The molecular weight excluding hydrogens is 230 g/mol. The first-order valence-corrected chi connectivity index (χ1v) is 6.09. The van der Waals surface area contributed by atoms with Crippen LogP contribution in [0.1, 0.15) is 23.2 Å². The number of benzene rings is 1. The van der Waals surface area contributed by atoms with Gasteiger partial charge in [0.25, 0.3) is 5.91 Å². The Kier molecular flexibility index (Phi) is 4.07. The van der Waals surface area contributed by atoms with Crippen LogP contribution in [-0.4, -0.2) is 38.1 Å². The number of piperidine rings is 1. The van der Waals surface area contributed by atoms with Crippen LogP contribution in [0, 0.1) is 6.42 Å². The fourth-order valence-corrected chi connectivity index (χ4v) is 2.10. The van der Waals surface area contributed by atoms with Gasteiger partial charge in [0.15, 0.2) is 0 Å². The number of hydrogen-bond acceptors (Lipinski definition) is 3. The third-order valence-electron chi connectivity index (χ3n) is 3.13. The second kappa shape index (κ2) is 5.76. The number of likely N-dealkylation sites (tertiary alicyclic amines) is 1. The van der Waals surface area contributed by atoms with Crippen LogP contribution in [0.15, 0.2) is 18.2 Å². The molecule has 0 aliphatic carbocycles. The van der Waals surface area contributed by atoms with E-state index in [0.29, 0.717) is 17.1 Å². The molecule has 1 radical (unpaired) electrons. The van der Waals surface area contributed by atoms with Crippen molar-refractivity contribution in [2.45, 2.75) is 12.8 Å². The van der Waals surface area contributed by atoms with Gasteiger partial charge in [0.1, 0.15) is 11.5 Å². The molecule has 4 nitrogen and oxygen atoms in total. The number of methoxy groups -OCH3 is 2. The lowest BCUT2D eigenvalue weighted by Gasteiger charge is -2.27. The largest absolute Gasteiger partial charge is 0.497 e. The molecule has 1 heterocycles. The molecule has 2 rings (SSSR count). The first-order valence-electron chi connectivity index (χ1n) is 6.09. The first-order chi connectivity index (χ1) is 8.76. The smallest absolute Gasteiger partial charge is 0.257 e. The van der Waals surface area contributed by atoms with Gasteiger partial charge in [-0.1, -0.05) is 0 Å². The number of hydrogen-bond donors (Lipinski definition) is 0. The van der Waals surface area contributed by atoms with Crippen molar-refractivity contribution >= 4 is 5.91 Å². The highest BCUT2D eigenvalue weighted by Gasteiger charge is 2.21. The van der Waals surface area contributed by atoms with E-state index in [9.17, 15) is 4.79 Å². The molecule has 97 valence electrons. The van der Waals surface area contributed by atoms with E-state index in [-0.39, 0.29) is 5.91 Å². The minimum Gasteiger partial charge on any atom is -0.497 e. The average molecular weight is 248 g/mol. The van der Waals surface area contributed by atoms with Crippen LogP contribution in [0.5, 0.6) is 11.5 Å². The van der Waals surface area contributed by atoms with E-state index in [1.165, 1.54) is 0 Å². The van der Waals surface area contributed by atoms with E-state index in [4.69, 9.17) is 9.47 Å². The van der Waals surface area contributed by atoms with E-state index >= 15 is 0 Å². The highest BCUT2D eigenvalue weighted by Crippen LogP contribution is 2.26. The van der Waals surface area contributed by atoms with Gasteiger partial charge in [-0.05, 0) is 31.4 Å². The van der Waals surface area contributed by atoms with Gasteiger partial charge in [0, 0.05) is 19.2 Å². The van der Waals surface area contributed by atoms with E-state index < -0.39 is 0 Å². The Morgan fingerprint density at radius 3 is 2.50 bits per heavy atom. The number of ether oxygens (including phenoxy) is 2. The van der Waals surface area contributed by atoms with Gasteiger partial charge in [0.2, 0.25) is 0 Å². The van der Waals surface area contributed by atoms with Crippen LogP contribution in [0.4, 0.5) is 0 Å². The average Bonchev–Trinajstić information content (AvgIpc) is 2.46. The molecule has 1 fully saturated rings. The van der Waals surface area contributed by atoms with Gasteiger partial charge in [-0.3, -0.25) is 4.79 Å². The Labute approximate surface area is 107 Å². The number of carbonyl (C=O) groups is 1. The molecule has 4 heteroatoms. The molecule has 1 aliphatic heterocycles. The maximum absolute atomic E-state index is 12.4. The van der Waals surface area contributed by atoms with Crippen LogP contribution in [0.2, 0.25) is 0 Å². The Balaban J connectivity index is 2.23. The molecule has 0 atom stereocenters. The van der Waals surface area contributed by atoms with Crippen molar-refractivity contribution in [2.24, 2.45) is 0 Å². The zero-order valence-electron chi connectivity index (χ0n) is 10.8. The molecule has 1 aromatic rings. The summed E-state index contributed by atoms with van der Waals surface area (Å²) in [6.45, 7) is 1.57. The number of nitrogens with zero attached hydrogens (tertiary/aromatic N) is 1. The molecule has 0 N–H and O–H groups in total.